The molecule has 0 saturated heterocycles. The van der Waals surface area contributed by atoms with Gasteiger partial charge in [0.2, 0.25) is 5.88 Å². The monoisotopic (exact) mass is 556 g/mol. The predicted molar refractivity (Wildman–Crippen MR) is 142 cm³/mol. The van der Waals surface area contributed by atoms with Crippen molar-refractivity contribution < 1.29 is 19.0 Å². The first-order valence-electron chi connectivity index (χ1n) is 12.3. The maximum Gasteiger partial charge on any atom is 0.306 e. The van der Waals surface area contributed by atoms with Crippen LogP contribution in [-0.2, 0) is 35.8 Å². The Kier molecular flexibility index (Phi) is 8.85. The number of anilines is 1. The zero-order valence-electron chi connectivity index (χ0n) is 21.1. The van der Waals surface area contributed by atoms with Gasteiger partial charge in [-0.2, -0.15) is 5.10 Å². The minimum Gasteiger partial charge on any atom is -0.496 e. The van der Waals surface area contributed by atoms with Gasteiger partial charge in [0.1, 0.15) is 11.6 Å². The SMILES string of the molecule is CCOC(=O)CC(Cc1cc(OCCc2ccc3c(n2)NCCC3)n(C)n1)c1cc(Br)ccc1OC. The molecule has 0 aliphatic carbocycles. The van der Waals surface area contributed by atoms with Crippen molar-refractivity contribution >= 4 is 27.7 Å². The first kappa shape index (κ1) is 26.0. The van der Waals surface area contributed by atoms with Crippen LogP contribution >= 0.6 is 15.9 Å². The molecule has 0 fully saturated rings. The van der Waals surface area contributed by atoms with Crippen molar-refractivity contribution in [2.24, 2.45) is 7.05 Å². The smallest absolute Gasteiger partial charge is 0.306 e. The van der Waals surface area contributed by atoms with Crippen LogP contribution < -0.4 is 14.8 Å². The topological polar surface area (TPSA) is 87.5 Å². The Labute approximate surface area is 220 Å². The number of carbonyl (C=O) groups is 1. The number of hydrogen-bond donors (Lipinski definition) is 1. The van der Waals surface area contributed by atoms with Gasteiger partial charge in [-0.1, -0.05) is 22.0 Å². The van der Waals surface area contributed by atoms with Gasteiger partial charge in [0.15, 0.2) is 0 Å². The van der Waals surface area contributed by atoms with Crippen LogP contribution in [0.3, 0.4) is 0 Å². The molecule has 1 atom stereocenters. The van der Waals surface area contributed by atoms with Crippen molar-refractivity contribution in [2.45, 2.75) is 44.9 Å². The molecule has 2 aromatic heterocycles. The molecule has 0 radical (unpaired) electrons. The summed E-state index contributed by atoms with van der Waals surface area (Å²) in [6.07, 6.45) is 3.70. The first-order chi connectivity index (χ1) is 17.5. The maximum atomic E-state index is 12.4. The van der Waals surface area contributed by atoms with E-state index < -0.39 is 0 Å². The average molecular weight is 557 g/mol. The van der Waals surface area contributed by atoms with Gasteiger partial charge in [-0.3, -0.25) is 4.79 Å². The van der Waals surface area contributed by atoms with Crippen molar-refractivity contribution in [2.75, 3.05) is 32.2 Å². The van der Waals surface area contributed by atoms with Crippen molar-refractivity contribution in [3.05, 3.63) is 63.4 Å². The minimum absolute atomic E-state index is 0.161. The number of halogens is 1. The number of ether oxygens (including phenoxy) is 3. The molecule has 3 heterocycles. The van der Waals surface area contributed by atoms with Crippen LogP contribution in [0.25, 0.3) is 0 Å². The molecular weight excluding hydrogens is 524 g/mol. The van der Waals surface area contributed by atoms with E-state index in [1.54, 1.807) is 11.8 Å². The van der Waals surface area contributed by atoms with Crippen LogP contribution in [0.4, 0.5) is 5.82 Å². The molecule has 1 N–H and O–H groups in total. The van der Waals surface area contributed by atoms with E-state index >= 15 is 0 Å². The number of hydrogen-bond acceptors (Lipinski definition) is 7. The molecule has 1 unspecified atom stereocenters. The van der Waals surface area contributed by atoms with Crippen LogP contribution in [0.2, 0.25) is 0 Å². The molecule has 0 bridgehead atoms. The molecule has 36 heavy (non-hydrogen) atoms. The fraction of sp³-hybridized carbons (Fsp3) is 0.444. The zero-order valence-corrected chi connectivity index (χ0v) is 22.6. The van der Waals surface area contributed by atoms with Crippen LogP contribution in [0.1, 0.15) is 48.2 Å². The number of methoxy groups -OCH3 is 1. The molecule has 8 nitrogen and oxygen atoms in total. The van der Waals surface area contributed by atoms with Gasteiger partial charge >= 0.3 is 5.97 Å². The van der Waals surface area contributed by atoms with E-state index in [4.69, 9.17) is 19.2 Å². The number of aryl methyl sites for hydroxylation is 2. The third-order valence-electron chi connectivity index (χ3n) is 6.25. The Hall–Kier alpha value is -3.07. The summed E-state index contributed by atoms with van der Waals surface area (Å²) in [6, 6.07) is 12.0. The molecule has 1 aliphatic heterocycles. The molecule has 0 amide bonds. The largest absolute Gasteiger partial charge is 0.496 e. The molecule has 4 rings (SSSR count). The standard InChI is InChI=1S/C27H33BrN4O4/c1-4-35-26(33)15-19(23-16-20(28)8-10-24(23)34-3)14-22-17-25(32(2)31-22)36-13-11-21-9-7-18-6-5-12-29-27(18)30-21/h7-10,16-17,19H,4-6,11-15H2,1-3H3,(H,29,30). The predicted octanol–water partition coefficient (Wildman–Crippen LogP) is 4.85. The van der Waals surface area contributed by atoms with Gasteiger partial charge in [0.05, 0.1) is 32.4 Å². The van der Waals surface area contributed by atoms with Crippen molar-refractivity contribution in [3.8, 4) is 11.6 Å². The van der Waals surface area contributed by atoms with Gasteiger partial charge in [0.25, 0.3) is 0 Å². The second kappa shape index (κ2) is 12.3. The van der Waals surface area contributed by atoms with Gasteiger partial charge in [-0.05, 0) is 61.6 Å². The highest BCUT2D eigenvalue weighted by Crippen LogP contribution is 2.34. The quantitative estimate of drug-likeness (QED) is 0.338. The lowest BCUT2D eigenvalue weighted by Crippen LogP contribution is -2.14. The van der Waals surface area contributed by atoms with Gasteiger partial charge in [-0.15, -0.1) is 0 Å². The number of pyridine rings is 1. The highest BCUT2D eigenvalue weighted by Gasteiger charge is 2.23. The maximum absolute atomic E-state index is 12.4. The summed E-state index contributed by atoms with van der Waals surface area (Å²) in [6.45, 7) is 3.63. The molecule has 192 valence electrons. The highest BCUT2D eigenvalue weighted by atomic mass is 79.9. The Morgan fingerprint density at radius 1 is 1.22 bits per heavy atom. The minimum atomic E-state index is -0.246. The summed E-state index contributed by atoms with van der Waals surface area (Å²) >= 11 is 3.54. The lowest BCUT2D eigenvalue weighted by Gasteiger charge is -2.19. The van der Waals surface area contributed by atoms with Crippen LogP contribution in [-0.4, -0.2) is 47.6 Å². The Morgan fingerprint density at radius 3 is 2.89 bits per heavy atom. The second-order valence-corrected chi connectivity index (χ2v) is 9.75. The molecule has 0 spiro atoms. The van der Waals surface area contributed by atoms with E-state index in [1.807, 2.05) is 38.2 Å². The summed E-state index contributed by atoms with van der Waals surface area (Å²) in [4.78, 5) is 17.1. The number of nitrogens with zero attached hydrogens (tertiary/aromatic N) is 3. The average Bonchev–Trinajstić information content (AvgIpc) is 3.22. The molecule has 1 aliphatic rings. The third kappa shape index (κ3) is 6.57. The third-order valence-corrected chi connectivity index (χ3v) is 6.75. The van der Waals surface area contributed by atoms with Crippen molar-refractivity contribution in [1.82, 2.24) is 14.8 Å². The summed E-state index contributed by atoms with van der Waals surface area (Å²) in [7, 11) is 3.49. The number of aromatic nitrogens is 3. The molecular formula is C27H33BrN4O4. The summed E-state index contributed by atoms with van der Waals surface area (Å²) < 4.78 is 19.5. The van der Waals surface area contributed by atoms with Gasteiger partial charge in [0, 0.05) is 42.2 Å². The normalized spacial score (nSPS) is 13.4. The van der Waals surface area contributed by atoms with E-state index in [0.29, 0.717) is 31.9 Å². The fourth-order valence-corrected chi connectivity index (χ4v) is 4.88. The number of esters is 1. The zero-order chi connectivity index (χ0) is 25.5. The van der Waals surface area contributed by atoms with Gasteiger partial charge < -0.3 is 19.5 Å². The number of rotatable bonds is 11. The van der Waals surface area contributed by atoms with Crippen molar-refractivity contribution in [3.63, 3.8) is 0 Å². The number of benzene rings is 1. The molecule has 3 aromatic rings. The van der Waals surface area contributed by atoms with Crippen LogP contribution in [0.5, 0.6) is 11.6 Å². The molecule has 1 aromatic carbocycles. The number of nitrogens with one attached hydrogen (secondary N) is 1. The van der Waals surface area contributed by atoms with E-state index in [0.717, 1.165) is 52.4 Å². The highest BCUT2D eigenvalue weighted by molar-refractivity contribution is 9.10. The Balaban J connectivity index is 1.44. The summed E-state index contributed by atoms with van der Waals surface area (Å²) in [5.74, 6) is 2.00. The molecule has 9 heteroatoms. The van der Waals surface area contributed by atoms with E-state index in [2.05, 4.69) is 38.5 Å². The summed E-state index contributed by atoms with van der Waals surface area (Å²) in [5.41, 5.74) is 4.04. The lowest BCUT2D eigenvalue weighted by atomic mass is 9.90. The number of fused-ring (bicyclic) bond motifs is 1. The van der Waals surface area contributed by atoms with Crippen LogP contribution in [0, 0.1) is 0 Å². The van der Waals surface area contributed by atoms with E-state index in [-0.39, 0.29) is 18.3 Å². The van der Waals surface area contributed by atoms with Crippen LogP contribution in [0.15, 0.2) is 40.9 Å². The Bertz CT molecular complexity index is 1200. The number of carbonyl (C=O) groups excluding carboxylic acids is 1. The van der Waals surface area contributed by atoms with E-state index in [9.17, 15) is 4.79 Å². The summed E-state index contributed by atoms with van der Waals surface area (Å²) in [5, 5.41) is 8.03. The fourth-order valence-electron chi connectivity index (χ4n) is 4.50. The second-order valence-electron chi connectivity index (χ2n) is 8.83. The lowest BCUT2D eigenvalue weighted by molar-refractivity contribution is -0.143. The Morgan fingerprint density at radius 2 is 2.08 bits per heavy atom. The van der Waals surface area contributed by atoms with E-state index in [1.165, 1.54) is 5.56 Å². The first-order valence-corrected chi connectivity index (χ1v) is 13.1. The molecule has 0 saturated carbocycles. The van der Waals surface area contributed by atoms with Crippen molar-refractivity contribution in [1.29, 1.82) is 0 Å². The van der Waals surface area contributed by atoms with Gasteiger partial charge in [-0.25, -0.2) is 9.67 Å².